The van der Waals surface area contributed by atoms with Gasteiger partial charge in [0, 0.05) is 5.57 Å². The van der Waals surface area contributed by atoms with Gasteiger partial charge in [0.25, 0.3) is 0 Å². The van der Waals surface area contributed by atoms with E-state index in [1.165, 1.54) is 7.05 Å². The van der Waals surface area contributed by atoms with Gasteiger partial charge in [-0.05, 0) is 6.42 Å². The number of rotatable bonds is 3. The quantitative estimate of drug-likeness (QED) is 0.374. The summed E-state index contributed by atoms with van der Waals surface area (Å²) in [6, 6.07) is 0. The Morgan fingerprint density at radius 3 is 3.08 bits per heavy atom. The summed E-state index contributed by atoms with van der Waals surface area (Å²) in [4.78, 5) is 10.4. The largest absolute Gasteiger partial charge is 0.625 e. The normalized spacial score (nSPS) is 20.3. The molecule has 1 unspecified atom stereocenters. The van der Waals surface area contributed by atoms with Gasteiger partial charge in [-0.3, -0.25) is 4.65 Å². The van der Waals surface area contributed by atoms with E-state index < -0.39 is 4.65 Å². The zero-order valence-corrected chi connectivity index (χ0v) is 7.64. The summed E-state index contributed by atoms with van der Waals surface area (Å²) in [7, 11) is 1.35. The molecule has 0 aliphatic heterocycles. The standard InChI is InChI=1S/C10H13NO2/c1-11(13,9-12)8-10-6-4-2-3-5-7-10/h2-4,6-7,9H,5,8H2,1H3. The maximum absolute atomic E-state index is 11.3. The first kappa shape index (κ1) is 9.89. The second-order valence-electron chi connectivity index (χ2n) is 3.24. The van der Waals surface area contributed by atoms with Gasteiger partial charge in [0.2, 0.25) is 0 Å². The fourth-order valence-corrected chi connectivity index (χ4v) is 1.14. The number of carbonyl (C=O) groups is 1. The predicted octanol–water partition coefficient (Wildman–Crippen LogP) is 1.53. The van der Waals surface area contributed by atoms with Crippen molar-refractivity contribution < 1.29 is 9.44 Å². The number of hydroxylamine groups is 3. The van der Waals surface area contributed by atoms with Crippen molar-refractivity contribution in [1.82, 2.24) is 0 Å². The molecule has 1 aliphatic rings. The van der Waals surface area contributed by atoms with Crippen molar-refractivity contribution in [1.29, 1.82) is 0 Å². The Morgan fingerprint density at radius 1 is 1.62 bits per heavy atom. The lowest BCUT2D eigenvalue weighted by Gasteiger charge is -2.30. The molecule has 1 rings (SSSR count). The van der Waals surface area contributed by atoms with E-state index in [0.29, 0.717) is 6.41 Å². The summed E-state index contributed by atoms with van der Waals surface area (Å²) >= 11 is 0. The molecular weight excluding hydrogens is 166 g/mol. The maximum atomic E-state index is 11.3. The Kier molecular flexibility index (Phi) is 3.17. The van der Waals surface area contributed by atoms with Crippen LogP contribution in [0.2, 0.25) is 0 Å². The summed E-state index contributed by atoms with van der Waals surface area (Å²) < 4.78 is -0.865. The number of allylic oxidation sites excluding steroid dienone is 4. The first-order valence-electron chi connectivity index (χ1n) is 4.19. The summed E-state index contributed by atoms with van der Waals surface area (Å²) in [5.74, 6) is 0. The first-order chi connectivity index (χ1) is 6.14. The number of nitrogens with zero attached hydrogens (tertiary/aromatic N) is 1. The van der Waals surface area contributed by atoms with Gasteiger partial charge in [0.15, 0.2) is 0 Å². The number of quaternary nitrogens is 1. The SMILES string of the molecule is C[N+]([O-])(C=O)CC1=CCC=CC=C1. The van der Waals surface area contributed by atoms with Crippen LogP contribution in [0.4, 0.5) is 0 Å². The summed E-state index contributed by atoms with van der Waals surface area (Å²) in [6.07, 6.45) is 10.9. The number of amides is 1. The number of likely N-dealkylation sites (N-methyl/N-ethyl adjacent to an activating group) is 1. The molecule has 0 bridgehead atoms. The third kappa shape index (κ3) is 3.36. The van der Waals surface area contributed by atoms with Crippen molar-refractivity contribution >= 4 is 6.41 Å². The van der Waals surface area contributed by atoms with Crippen LogP contribution in [0.5, 0.6) is 0 Å². The van der Waals surface area contributed by atoms with Gasteiger partial charge in [-0.15, -0.1) is 0 Å². The molecule has 0 heterocycles. The van der Waals surface area contributed by atoms with Gasteiger partial charge in [0.1, 0.15) is 6.54 Å². The van der Waals surface area contributed by atoms with Crippen molar-refractivity contribution in [3.63, 3.8) is 0 Å². The van der Waals surface area contributed by atoms with Crippen LogP contribution in [0.25, 0.3) is 0 Å². The molecule has 0 radical (unpaired) electrons. The molecule has 3 heteroatoms. The third-order valence-electron chi connectivity index (χ3n) is 1.79. The molecule has 0 aromatic rings. The molecule has 0 spiro atoms. The second-order valence-corrected chi connectivity index (χ2v) is 3.24. The Balaban J connectivity index is 2.64. The van der Waals surface area contributed by atoms with E-state index in [2.05, 4.69) is 0 Å². The van der Waals surface area contributed by atoms with Gasteiger partial charge < -0.3 is 5.21 Å². The molecule has 0 saturated carbocycles. The van der Waals surface area contributed by atoms with Gasteiger partial charge in [-0.25, -0.2) is 4.79 Å². The van der Waals surface area contributed by atoms with Gasteiger partial charge in [-0.1, -0.05) is 30.4 Å². The lowest BCUT2D eigenvalue weighted by atomic mass is 10.2. The Labute approximate surface area is 77.8 Å². The van der Waals surface area contributed by atoms with Crippen LogP contribution in [0.15, 0.2) is 36.0 Å². The second kappa shape index (κ2) is 4.16. The van der Waals surface area contributed by atoms with Crippen LogP contribution in [0, 0.1) is 5.21 Å². The molecule has 70 valence electrons. The topological polar surface area (TPSA) is 40.1 Å². The highest BCUT2D eigenvalue weighted by Crippen LogP contribution is 2.09. The molecular formula is C10H13NO2. The minimum absolute atomic E-state index is 0.210. The van der Waals surface area contributed by atoms with E-state index in [0.717, 1.165) is 12.0 Å². The monoisotopic (exact) mass is 179 g/mol. The lowest BCUT2D eigenvalue weighted by Crippen LogP contribution is -2.37. The van der Waals surface area contributed by atoms with Gasteiger partial charge >= 0.3 is 6.41 Å². The predicted molar refractivity (Wildman–Crippen MR) is 51.5 cm³/mol. The fraction of sp³-hybridized carbons (Fsp3) is 0.300. The summed E-state index contributed by atoms with van der Waals surface area (Å²) in [5.41, 5.74) is 0.912. The van der Waals surface area contributed by atoms with E-state index in [4.69, 9.17) is 0 Å². The van der Waals surface area contributed by atoms with Crippen molar-refractivity contribution in [3.05, 3.63) is 41.2 Å². The van der Waals surface area contributed by atoms with Gasteiger partial charge in [0.05, 0.1) is 7.05 Å². The van der Waals surface area contributed by atoms with Gasteiger partial charge in [-0.2, -0.15) is 0 Å². The fourth-order valence-electron chi connectivity index (χ4n) is 1.14. The number of hydrogen-bond donors (Lipinski definition) is 0. The molecule has 13 heavy (non-hydrogen) atoms. The molecule has 0 N–H and O–H groups in total. The number of carbonyl (C=O) groups excluding carboxylic acids is 1. The summed E-state index contributed by atoms with van der Waals surface area (Å²) in [6.45, 7) is 0.210. The van der Waals surface area contributed by atoms with Crippen LogP contribution in [-0.2, 0) is 4.79 Å². The van der Waals surface area contributed by atoms with E-state index in [1.807, 2.05) is 30.4 Å². The van der Waals surface area contributed by atoms with Crippen molar-refractivity contribution in [2.24, 2.45) is 0 Å². The molecule has 1 atom stereocenters. The van der Waals surface area contributed by atoms with Crippen molar-refractivity contribution in [2.75, 3.05) is 13.6 Å². The molecule has 3 nitrogen and oxygen atoms in total. The van der Waals surface area contributed by atoms with Crippen molar-refractivity contribution in [2.45, 2.75) is 6.42 Å². The van der Waals surface area contributed by atoms with E-state index in [-0.39, 0.29) is 6.54 Å². The molecule has 1 amide bonds. The minimum atomic E-state index is -0.865. The van der Waals surface area contributed by atoms with Crippen LogP contribution in [-0.4, -0.2) is 24.6 Å². The molecule has 0 aromatic heterocycles. The average molecular weight is 179 g/mol. The van der Waals surface area contributed by atoms with Crippen LogP contribution >= 0.6 is 0 Å². The number of hydrogen-bond acceptors (Lipinski definition) is 2. The molecule has 0 fully saturated rings. The molecule has 0 aromatic carbocycles. The third-order valence-corrected chi connectivity index (χ3v) is 1.79. The van der Waals surface area contributed by atoms with Crippen LogP contribution < -0.4 is 0 Å². The average Bonchev–Trinajstić information content (AvgIpc) is 2.32. The Hall–Kier alpha value is -1.19. The Morgan fingerprint density at radius 2 is 2.38 bits per heavy atom. The zero-order valence-electron chi connectivity index (χ0n) is 7.64. The smallest absolute Gasteiger partial charge is 0.301 e. The summed E-state index contributed by atoms with van der Waals surface area (Å²) in [5, 5.41) is 11.3. The lowest BCUT2D eigenvalue weighted by molar-refractivity contribution is -0.766. The van der Waals surface area contributed by atoms with Crippen LogP contribution in [0.3, 0.4) is 0 Å². The Bertz CT molecular complexity index is 275. The minimum Gasteiger partial charge on any atom is -0.625 e. The van der Waals surface area contributed by atoms with E-state index in [1.54, 1.807) is 0 Å². The van der Waals surface area contributed by atoms with E-state index >= 15 is 0 Å². The maximum Gasteiger partial charge on any atom is 0.301 e. The highest BCUT2D eigenvalue weighted by molar-refractivity contribution is 5.39. The zero-order chi connectivity index (χ0) is 9.73. The highest BCUT2D eigenvalue weighted by atomic mass is 16.6. The van der Waals surface area contributed by atoms with E-state index in [9.17, 15) is 10.0 Å². The van der Waals surface area contributed by atoms with Crippen LogP contribution in [0.1, 0.15) is 6.42 Å². The molecule has 0 saturated heterocycles. The molecule has 1 aliphatic carbocycles. The highest BCUT2D eigenvalue weighted by Gasteiger charge is 2.09. The first-order valence-corrected chi connectivity index (χ1v) is 4.19. The van der Waals surface area contributed by atoms with Crippen molar-refractivity contribution in [3.8, 4) is 0 Å².